The lowest BCUT2D eigenvalue weighted by atomic mass is 9.84. The summed E-state index contributed by atoms with van der Waals surface area (Å²) in [6.45, 7) is 4.39. The molecule has 9 atom stereocenters. The molecule has 0 amide bonds. The Bertz CT molecular complexity index is 235. The minimum Gasteiger partial charge on any atom is -0.356 e. The van der Waals surface area contributed by atoms with Gasteiger partial charge in [0.05, 0.1) is 20.2 Å². The van der Waals surface area contributed by atoms with E-state index in [0.29, 0.717) is 15.1 Å². The summed E-state index contributed by atoms with van der Waals surface area (Å²) in [5.74, 6) is 0.0478. The molecule has 0 aliphatic carbocycles. The van der Waals surface area contributed by atoms with Crippen molar-refractivity contribution in [2.75, 3.05) is 6.61 Å². The highest BCUT2D eigenvalue weighted by Gasteiger charge is 2.42. The first-order chi connectivity index (χ1) is 7.97. The largest absolute Gasteiger partial charge is 0.356 e. The highest BCUT2D eigenvalue weighted by atomic mass is 32.4. The molecule has 0 spiro atoms. The molecule has 0 N–H and O–H groups in total. The molecule has 9 unspecified atom stereocenters. The van der Waals surface area contributed by atoms with Gasteiger partial charge in [-0.3, -0.25) is 0 Å². The van der Waals surface area contributed by atoms with Crippen LogP contribution in [0.3, 0.4) is 0 Å². The van der Waals surface area contributed by atoms with E-state index >= 15 is 0 Å². The molecular weight excluding hydrogens is 317 g/mol. The van der Waals surface area contributed by atoms with Crippen molar-refractivity contribution in [2.24, 2.45) is 11.8 Å². The zero-order valence-electron chi connectivity index (χ0n) is 9.88. The first kappa shape index (κ1) is 17.0. The highest BCUT2D eigenvalue weighted by molar-refractivity contribution is 8.41. The van der Waals surface area contributed by atoms with Gasteiger partial charge in [-0.2, -0.15) is 0 Å². The summed E-state index contributed by atoms with van der Waals surface area (Å²) in [7, 11) is 7.11. The smallest absolute Gasteiger partial charge is 0.194 e. The summed E-state index contributed by atoms with van der Waals surface area (Å²) in [6, 6.07) is 0. The summed E-state index contributed by atoms with van der Waals surface area (Å²) in [5.41, 5.74) is 0. The van der Waals surface area contributed by atoms with E-state index < -0.39 is 20.0 Å². The van der Waals surface area contributed by atoms with E-state index in [0.717, 1.165) is 0 Å². The van der Waals surface area contributed by atoms with Crippen LogP contribution in [0, 0.1) is 11.8 Å². The molecule has 1 aliphatic rings. The van der Waals surface area contributed by atoms with Crippen molar-refractivity contribution in [1.29, 1.82) is 0 Å². The van der Waals surface area contributed by atoms with E-state index in [1.807, 2.05) is 13.8 Å². The van der Waals surface area contributed by atoms with Gasteiger partial charge in [-0.05, 0) is 11.8 Å². The molecule has 1 rings (SSSR count). The Kier molecular flexibility index (Phi) is 8.30. The van der Waals surface area contributed by atoms with E-state index in [9.17, 15) is 4.39 Å². The fourth-order valence-electron chi connectivity index (χ4n) is 1.77. The predicted molar refractivity (Wildman–Crippen MR) is 83.3 cm³/mol. The Morgan fingerprint density at radius 3 is 2.53 bits per heavy atom. The van der Waals surface area contributed by atoms with Gasteiger partial charge in [0.1, 0.15) is 0 Å². The fraction of sp³-hybridized carbons (Fsp3) is 1.00. The van der Waals surface area contributed by atoms with Crippen LogP contribution < -0.4 is 0 Å². The Labute approximate surface area is 112 Å². The first-order valence-electron chi connectivity index (χ1n) is 5.30. The van der Waals surface area contributed by atoms with Crippen molar-refractivity contribution in [2.45, 2.75) is 32.4 Å². The minimum absolute atomic E-state index is 0.0832. The minimum atomic E-state index is -1.08. The molecule has 3 nitrogen and oxygen atoms in total. The van der Waals surface area contributed by atoms with E-state index in [2.05, 4.69) is 26.8 Å². The summed E-state index contributed by atoms with van der Waals surface area (Å²) in [4.78, 5) is 0. The zero-order valence-corrected chi connectivity index (χ0v) is 15.2. The standard InChI is InChI=1S/C8H20FO3P5/c1-4-5(2)7(9)8(12-17(14)15)11-6(4)3-10-16-13/h4-8,16H,3,13-15H2,1-2H3/i9-1. The van der Waals surface area contributed by atoms with Crippen LogP contribution >= 0.6 is 42.8 Å². The highest BCUT2D eigenvalue weighted by Crippen LogP contribution is 2.56. The van der Waals surface area contributed by atoms with Crippen LogP contribution in [0.5, 0.6) is 0 Å². The van der Waals surface area contributed by atoms with Gasteiger partial charge >= 0.3 is 0 Å². The maximum Gasteiger partial charge on any atom is 0.194 e. The van der Waals surface area contributed by atoms with Gasteiger partial charge in [-0.1, -0.05) is 40.6 Å². The monoisotopic (exact) mass is 337 g/mol. The third kappa shape index (κ3) is 5.10. The molecular formula is C8H20FO3P5. The Morgan fingerprint density at radius 2 is 2.00 bits per heavy atom. The van der Waals surface area contributed by atoms with Crippen LogP contribution in [0.4, 0.5) is 4.39 Å². The topological polar surface area (TPSA) is 27.7 Å². The van der Waals surface area contributed by atoms with Crippen molar-refractivity contribution in [3.05, 3.63) is 0 Å². The Hall–Kier alpha value is 1.96. The van der Waals surface area contributed by atoms with Gasteiger partial charge in [0, 0.05) is 8.50 Å². The number of hydrogen-bond donors (Lipinski definition) is 0. The quantitative estimate of drug-likeness (QED) is 0.716. The number of halogens is 1. The van der Waals surface area contributed by atoms with Gasteiger partial charge < -0.3 is 13.8 Å². The van der Waals surface area contributed by atoms with Crippen LogP contribution in [0.1, 0.15) is 13.8 Å². The maximum absolute atomic E-state index is 14.0. The van der Waals surface area contributed by atoms with Gasteiger partial charge in [0.25, 0.3) is 0 Å². The molecule has 102 valence electrons. The lowest BCUT2D eigenvalue weighted by molar-refractivity contribution is -0.220. The Morgan fingerprint density at radius 1 is 1.35 bits per heavy atom. The lowest BCUT2D eigenvalue weighted by Gasteiger charge is -2.41. The molecule has 17 heavy (non-hydrogen) atoms. The second kappa shape index (κ2) is 8.29. The average molecular weight is 337 g/mol. The van der Waals surface area contributed by atoms with Crippen molar-refractivity contribution >= 4 is 42.8 Å². The fourth-order valence-corrected chi connectivity index (χ4v) is 3.45. The summed E-state index contributed by atoms with van der Waals surface area (Å²) < 4.78 is 30.5. The van der Waals surface area contributed by atoms with E-state index in [1.165, 1.54) is 0 Å². The van der Waals surface area contributed by atoms with Crippen LogP contribution in [0.15, 0.2) is 0 Å². The third-order valence-corrected chi connectivity index (χ3v) is 5.06. The first-order valence-corrected chi connectivity index (χ1v) is 12.5. The van der Waals surface area contributed by atoms with E-state index in [-0.39, 0.29) is 17.9 Å². The second-order valence-corrected chi connectivity index (χ2v) is 11.1. The molecule has 0 bridgehead atoms. The van der Waals surface area contributed by atoms with Gasteiger partial charge in [-0.15, -0.1) is 0 Å². The Balaban J connectivity index is 2.61. The molecule has 1 saturated heterocycles. The molecule has 0 saturated carbocycles. The maximum atomic E-state index is 14.0. The molecule has 0 aromatic heterocycles. The van der Waals surface area contributed by atoms with Crippen LogP contribution in [-0.2, 0) is 13.8 Å². The SMILES string of the molecule is CC1C(COPP)OC(OP(P)P)C([18F])C1C. The summed E-state index contributed by atoms with van der Waals surface area (Å²) in [6.07, 6.45) is -1.95. The molecule has 1 aliphatic heterocycles. The molecule has 9 heteroatoms. The van der Waals surface area contributed by atoms with Crippen molar-refractivity contribution in [3.8, 4) is 0 Å². The predicted octanol–water partition coefficient (Wildman–Crippen LogP) is 3.72. The van der Waals surface area contributed by atoms with Crippen molar-refractivity contribution in [3.63, 3.8) is 0 Å². The van der Waals surface area contributed by atoms with Gasteiger partial charge in [0.15, 0.2) is 12.5 Å². The van der Waals surface area contributed by atoms with Crippen molar-refractivity contribution in [1.82, 2.24) is 0 Å². The summed E-state index contributed by atoms with van der Waals surface area (Å²) in [5, 5.41) is 0. The van der Waals surface area contributed by atoms with Crippen molar-refractivity contribution < 1.29 is 18.2 Å². The second-order valence-electron chi connectivity index (χ2n) is 4.10. The average Bonchev–Trinajstić information content (AvgIpc) is 2.28. The summed E-state index contributed by atoms with van der Waals surface area (Å²) >= 11 is 0. The lowest BCUT2D eigenvalue weighted by Crippen LogP contribution is -2.49. The molecule has 0 radical (unpaired) electrons. The number of ether oxygens (including phenoxy) is 1. The third-order valence-electron chi connectivity index (χ3n) is 3.04. The van der Waals surface area contributed by atoms with E-state index in [4.69, 9.17) is 13.8 Å². The number of hydrogen-bond acceptors (Lipinski definition) is 3. The number of alkyl halides is 1. The van der Waals surface area contributed by atoms with Gasteiger partial charge in [0.2, 0.25) is 0 Å². The van der Waals surface area contributed by atoms with Crippen LogP contribution in [0.25, 0.3) is 0 Å². The molecule has 1 fully saturated rings. The number of rotatable bonds is 5. The van der Waals surface area contributed by atoms with Crippen LogP contribution in [-0.4, -0.2) is 25.2 Å². The van der Waals surface area contributed by atoms with Gasteiger partial charge in [-0.25, -0.2) is 4.39 Å². The zero-order chi connectivity index (χ0) is 13.0. The molecule has 1 heterocycles. The van der Waals surface area contributed by atoms with E-state index in [1.54, 1.807) is 0 Å². The normalized spacial score (nSPS) is 39.4. The molecule has 0 aromatic carbocycles. The van der Waals surface area contributed by atoms with Crippen LogP contribution in [0.2, 0.25) is 0 Å². The molecule has 0 aromatic rings.